The van der Waals surface area contributed by atoms with E-state index in [2.05, 4.69) is 10.2 Å². The van der Waals surface area contributed by atoms with E-state index in [1.807, 2.05) is 30.5 Å². The maximum Gasteiger partial charge on any atom is 0.175 e. The lowest BCUT2D eigenvalue weighted by atomic mass is 10.2. The van der Waals surface area contributed by atoms with Crippen LogP contribution >= 0.6 is 34.9 Å². The summed E-state index contributed by atoms with van der Waals surface area (Å²) in [5, 5.41) is 8.23. The molecular weight excluding hydrogens is 363 g/mol. The second-order valence-corrected chi connectivity index (χ2v) is 8.14. The number of aromatic nitrogens is 2. The van der Waals surface area contributed by atoms with Crippen molar-refractivity contribution in [3.63, 3.8) is 0 Å². The first-order valence-corrected chi connectivity index (χ1v) is 10.2. The van der Waals surface area contributed by atoms with Crippen LogP contribution in [0.5, 0.6) is 5.75 Å². The zero-order valence-corrected chi connectivity index (χ0v) is 15.4. The minimum absolute atomic E-state index is 0.235. The molecule has 0 aliphatic heterocycles. The van der Waals surface area contributed by atoms with Crippen LogP contribution < -0.4 is 4.74 Å². The first kappa shape index (κ1) is 17.3. The fourth-order valence-corrected chi connectivity index (χ4v) is 4.31. The molecule has 0 aliphatic carbocycles. The van der Waals surface area contributed by atoms with Crippen LogP contribution in [0.15, 0.2) is 57.2 Å². The average Bonchev–Trinajstić information content (AvgIpc) is 3.08. The number of ether oxygens (including phenoxy) is 1. The fraction of sp³-hybridized carbons (Fsp3) is 0.176. The van der Waals surface area contributed by atoms with E-state index in [0.29, 0.717) is 6.61 Å². The monoisotopic (exact) mass is 378 g/mol. The van der Waals surface area contributed by atoms with Crippen molar-refractivity contribution in [1.29, 1.82) is 0 Å². The predicted octanol–water partition coefficient (Wildman–Crippen LogP) is 5.27. The van der Waals surface area contributed by atoms with Crippen LogP contribution in [0.2, 0.25) is 0 Å². The van der Waals surface area contributed by atoms with Crippen LogP contribution in [-0.2, 0) is 12.4 Å². The lowest BCUT2D eigenvalue weighted by molar-refractivity contribution is 0.306. The summed E-state index contributed by atoms with van der Waals surface area (Å²) in [4.78, 5) is 0. The molecule has 0 radical (unpaired) electrons. The highest BCUT2D eigenvalue weighted by atomic mass is 32.2. The summed E-state index contributed by atoms with van der Waals surface area (Å²) in [6, 6.07) is 14.3. The molecule has 0 saturated carbocycles. The van der Waals surface area contributed by atoms with E-state index in [4.69, 9.17) is 4.74 Å². The van der Waals surface area contributed by atoms with Gasteiger partial charge in [0.15, 0.2) is 8.68 Å². The SMILES string of the molecule is CSc1nnc(SCc2ccc(OCc3ccc(F)cc3)cc2)s1. The quantitative estimate of drug-likeness (QED) is 0.523. The van der Waals surface area contributed by atoms with Crippen LogP contribution in [0.25, 0.3) is 0 Å². The van der Waals surface area contributed by atoms with E-state index in [0.717, 1.165) is 25.7 Å². The van der Waals surface area contributed by atoms with Crippen LogP contribution in [0, 0.1) is 5.82 Å². The number of benzene rings is 2. The molecule has 0 bridgehead atoms. The van der Waals surface area contributed by atoms with Crippen molar-refractivity contribution in [2.24, 2.45) is 0 Å². The van der Waals surface area contributed by atoms with Crippen LogP contribution in [0.4, 0.5) is 4.39 Å². The molecule has 24 heavy (non-hydrogen) atoms. The maximum atomic E-state index is 12.9. The third-order valence-corrected chi connectivity index (χ3v) is 6.27. The van der Waals surface area contributed by atoms with E-state index in [-0.39, 0.29) is 5.82 Å². The third kappa shape index (κ3) is 4.96. The molecule has 0 aliphatic rings. The van der Waals surface area contributed by atoms with E-state index in [1.54, 1.807) is 47.0 Å². The van der Waals surface area contributed by atoms with Gasteiger partial charge in [0.05, 0.1) is 0 Å². The molecule has 0 spiro atoms. The molecule has 124 valence electrons. The van der Waals surface area contributed by atoms with E-state index in [9.17, 15) is 4.39 Å². The second kappa shape index (κ2) is 8.50. The number of rotatable bonds is 7. The Morgan fingerprint density at radius 3 is 2.29 bits per heavy atom. The summed E-state index contributed by atoms with van der Waals surface area (Å²) < 4.78 is 20.5. The zero-order chi connectivity index (χ0) is 16.8. The normalized spacial score (nSPS) is 10.8. The molecule has 1 heterocycles. The Labute approximate surface area is 152 Å². The largest absolute Gasteiger partial charge is 0.489 e. The smallest absolute Gasteiger partial charge is 0.175 e. The maximum absolute atomic E-state index is 12.9. The molecule has 0 fully saturated rings. The van der Waals surface area contributed by atoms with Crippen LogP contribution in [0.3, 0.4) is 0 Å². The lowest BCUT2D eigenvalue weighted by Crippen LogP contribution is -1.95. The molecule has 0 N–H and O–H groups in total. The summed E-state index contributed by atoms with van der Waals surface area (Å²) >= 11 is 4.91. The van der Waals surface area contributed by atoms with Gasteiger partial charge in [-0.15, -0.1) is 10.2 Å². The van der Waals surface area contributed by atoms with Crippen molar-refractivity contribution in [2.45, 2.75) is 21.0 Å². The highest BCUT2D eigenvalue weighted by Gasteiger charge is 2.04. The van der Waals surface area contributed by atoms with Crippen LogP contribution in [0.1, 0.15) is 11.1 Å². The highest BCUT2D eigenvalue weighted by molar-refractivity contribution is 8.02. The molecule has 0 amide bonds. The van der Waals surface area contributed by atoms with Gasteiger partial charge in [-0.05, 0) is 41.6 Å². The summed E-state index contributed by atoms with van der Waals surface area (Å²) in [7, 11) is 0. The highest BCUT2D eigenvalue weighted by Crippen LogP contribution is 2.30. The van der Waals surface area contributed by atoms with Gasteiger partial charge in [0.25, 0.3) is 0 Å². The van der Waals surface area contributed by atoms with Gasteiger partial charge in [-0.3, -0.25) is 0 Å². The Morgan fingerprint density at radius 1 is 0.958 bits per heavy atom. The number of nitrogens with zero attached hydrogens (tertiary/aromatic N) is 2. The fourth-order valence-electron chi connectivity index (χ4n) is 1.91. The van der Waals surface area contributed by atoms with Crippen molar-refractivity contribution in [3.8, 4) is 5.75 Å². The molecule has 0 unspecified atom stereocenters. The number of halogens is 1. The zero-order valence-electron chi connectivity index (χ0n) is 12.9. The standard InChI is InChI=1S/C17H15FN2OS3/c1-22-16-19-20-17(24-16)23-11-13-4-8-15(9-5-13)21-10-12-2-6-14(18)7-3-12/h2-9H,10-11H2,1H3. The Kier molecular flexibility index (Phi) is 6.12. The lowest BCUT2D eigenvalue weighted by Gasteiger charge is -2.07. The Balaban J connectivity index is 1.50. The molecule has 3 rings (SSSR count). The van der Waals surface area contributed by atoms with Gasteiger partial charge >= 0.3 is 0 Å². The Morgan fingerprint density at radius 2 is 1.62 bits per heavy atom. The van der Waals surface area contributed by atoms with Gasteiger partial charge in [-0.1, -0.05) is 59.1 Å². The molecule has 1 aromatic heterocycles. The molecule has 3 aromatic rings. The van der Waals surface area contributed by atoms with Gasteiger partial charge in [-0.25, -0.2) is 4.39 Å². The Bertz CT molecular complexity index is 775. The number of hydrogen-bond acceptors (Lipinski definition) is 6. The molecule has 0 atom stereocenters. The third-order valence-electron chi connectivity index (χ3n) is 3.17. The Hall–Kier alpha value is -1.57. The minimum atomic E-state index is -0.235. The predicted molar refractivity (Wildman–Crippen MR) is 98.4 cm³/mol. The minimum Gasteiger partial charge on any atom is -0.489 e. The van der Waals surface area contributed by atoms with Crippen LogP contribution in [-0.4, -0.2) is 16.5 Å². The summed E-state index contributed by atoms with van der Waals surface area (Å²) in [5.74, 6) is 1.41. The van der Waals surface area contributed by atoms with Gasteiger partial charge in [-0.2, -0.15) is 0 Å². The van der Waals surface area contributed by atoms with Gasteiger partial charge in [0.2, 0.25) is 0 Å². The topological polar surface area (TPSA) is 35.0 Å². The molecule has 7 heteroatoms. The average molecular weight is 379 g/mol. The second-order valence-electron chi connectivity index (χ2n) is 4.89. The van der Waals surface area contributed by atoms with E-state index >= 15 is 0 Å². The number of thioether (sulfide) groups is 2. The van der Waals surface area contributed by atoms with E-state index < -0.39 is 0 Å². The van der Waals surface area contributed by atoms with Crippen molar-refractivity contribution < 1.29 is 9.13 Å². The summed E-state index contributed by atoms with van der Waals surface area (Å²) in [5.41, 5.74) is 2.15. The molecular formula is C17H15FN2OS3. The molecule has 0 saturated heterocycles. The summed E-state index contributed by atoms with van der Waals surface area (Å²) in [6.07, 6.45) is 2.00. The number of hydrogen-bond donors (Lipinski definition) is 0. The molecule has 3 nitrogen and oxygen atoms in total. The van der Waals surface area contributed by atoms with Crippen molar-refractivity contribution in [2.75, 3.05) is 6.26 Å². The van der Waals surface area contributed by atoms with Crippen molar-refractivity contribution in [3.05, 3.63) is 65.5 Å². The first-order chi connectivity index (χ1) is 11.7. The van der Waals surface area contributed by atoms with Gasteiger partial charge in [0, 0.05) is 5.75 Å². The van der Waals surface area contributed by atoms with Gasteiger partial charge < -0.3 is 4.74 Å². The molecule has 2 aromatic carbocycles. The van der Waals surface area contributed by atoms with Crippen molar-refractivity contribution >= 4 is 34.9 Å². The van der Waals surface area contributed by atoms with Crippen molar-refractivity contribution in [1.82, 2.24) is 10.2 Å². The summed E-state index contributed by atoms with van der Waals surface area (Å²) in [6.45, 7) is 0.427. The first-order valence-electron chi connectivity index (χ1n) is 7.19. The van der Waals surface area contributed by atoms with Gasteiger partial charge in [0.1, 0.15) is 18.2 Å². The van der Waals surface area contributed by atoms with E-state index in [1.165, 1.54) is 17.7 Å².